The van der Waals surface area contributed by atoms with E-state index in [9.17, 15) is 4.79 Å². The monoisotopic (exact) mass is 258 g/mol. The number of piperidine rings is 1. The van der Waals surface area contributed by atoms with Gasteiger partial charge in [-0.1, -0.05) is 6.92 Å². The fourth-order valence-corrected chi connectivity index (χ4v) is 2.80. The van der Waals surface area contributed by atoms with Gasteiger partial charge in [0.2, 0.25) is 0 Å². The van der Waals surface area contributed by atoms with E-state index in [2.05, 4.69) is 21.9 Å². The van der Waals surface area contributed by atoms with Crippen LogP contribution in [0.3, 0.4) is 0 Å². The van der Waals surface area contributed by atoms with Gasteiger partial charge >= 0.3 is 0 Å². The number of H-pyrrole nitrogens is 1. The lowest BCUT2D eigenvalue weighted by atomic mass is 9.99. The summed E-state index contributed by atoms with van der Waals surface area (Å²) >= 11 is 0. The molecule has 3 rings (SSSR count). The Morgan fingerprint density at radius 3 is 3.21 bits per heavy atom. The molecule has 0 spiro atoms. The largest absolute Gasteiger partial charge is 0.343 e. The number of carbonyl (C=O) groups excluding carboxylic acids is 1. The van der Waals surface area contributed by atoms with Gasteiger partial charge in [-0.3, -0.25) is 4.79 Å². The number of nitrogens with one attached hydrogen (secondary N) is 1. The van der Waals surface area contributed by atoms with Gasteiger partial charge in [0.25, 0.3) is 5.91 Å². The van der Waals surface area contributed by atoms with Crippen molar-refractivity contribution < 1.29 is 4.79 Å². The first-order valence-electron chi connectivity index (χ1n) is 6.89. The van der Waals surface area contributed by atoms with Crippen LogP contribution < -0.4 is 0 Å². The van der Waals surface area contributed by atoms with E-state index in [1.807, 2.05) is 11.0 Å². The normalized spacial score (nSPS) is 19.8. The van der Waals surface area contributed by atoms with Crippen molar-refractivity contribution in [2.45, 2.75) is 38.6 Å². The molecule has 19 heavy (non-hydrogen) atoms. The minimum atomic E-state index is 0.0931. The summed E-state index contributed by atoms with van der Waals surface area (Å²) in [5, 5.41) is 0. The zero-order valence-corrected chi connectivity index (χ0v) is 11.1. The molecule has 5 nitrogen and oxygen atoms in total. The highest BCUT2D eigenvalue weighted by atomic mass is 16.2. The number of nitrogens with zero attached hydrogens (tertiary/aromatic N) is 3. The topological polar surface area (TPSA) is 61.9 Å². The Balaban J connectivity index is 1.89. The number of likely N-dealkylation sites (tertiary alicyclic amines) is 1. The first kappa shape index (κ1) is 12.1. The van der Waals surface area contributed by atoms with E-state index in [0.29, 0.717) is 17.3 Å². The van der Waals surface area contributed by atoms with Crippen molar-refractivity contribution in [3.05, 3.63) is 24.2 Å². The van der Waals surface area contributed by atoms with E-state index in [1.54, 1.807) is 12.5 Å². The molecule has 0 radical (unpaired) electrons. The third-order valence-electron chi connectivity index (χ3n) is 3.88. The van der Waals surface area contributed by atoms with Crippen molar-refractivity contribution >= 4 is 17.1 Å². The second kappa shape index (κ2) is 4.99. The Labute approximate surface area is 112 Å². The van der Waals surface area contributed by atoms with Gasteiger partial charge in [0.05, 0.1) is 17.4 Å². The first-order chi connectivity index (χ1) is 9.29. The molecule has 1 N–H and O–H groups in total. The Kier molecular flexibility index (Phi) is 3.19. The molecule has 1 unspecified atom stereocenters. The summed E-state index contributed by atoms with van der Waals surface area (Å²) in [7, 11) is 0. The highest BCUT2D eigenvalue weighted by Gasteiger charge is 2.26. The molecule has 2 aromatic rings. The van der Waals surface area contributed by atoms with Gasteiger partial charge in [0.15, 0.2) is 5.65 Å². The maximum atomic E-state index is 12.6. The van der Waals surface area contributed by atoms with Crippen LogP contribution in [0.1, 0.15) is 43.0 Å². The number of carbonyl (C=O) groups is 1. The summed E-state index contributed by atoms with van der Waals surface area (Å²) in [6, 6.07) is 2.22. The molecule has 1 atom stereocenters. The third-order valence-corrected chi connectivity index (χ3v) is 3.88. The van der Waals surface area contributed by atoms with Gasteiger partial charge in [-0.2, -0.15) is 0 Å². The summed E-state index contributed by atoms with van der Waals surface area (Å²) in [5.41, 5.74) is 2.12. The minimum Gasteiger partial charge on any atom is -0.343 e. The van der Waals surface area contributed by atoms with Gasteiger partial charge in [0, 0.05) is 18.8 Å². The fraction of sp³-hybridized carbons (Fsp3) is 0.500. The van der Waals surface area contributed by atoms with Crippen molar-refractivity contribution in [1.29, 1.82) is 0 Å². The Bertz CT molecular complexity index is 592. The predicted molar refractivity (Wildman–Crippen MR) is 72.9 cm³/mol. The van der Waals surface area contributed by atoms with Crippen molar-refractivity contribution in [3.63, 3.8) is 0 Å². The number of rotatable bonds is 2. The molecular formula is C14H18N4O. The Morgan fingerprint density at radius 2 is 2.37 bits per heavy atom. The van der Waals surface area contributed by atoms with Crippen LogP contribution in [0.25, 0.3) is 11.2 Å². The number of fused-ring (bicyclic) bond motifs is 1. The molecule has 2 aromatic heterocycles. The number of amides is 1. The van der Waals surface area contributed by atoms with Crippen LogP contribution in [0.4, 0.5) is 0 Å². The van der Waals surface area contributed by atoms with Crippen molar-refractivity contribution in [1.82, 2.24) is 19.9 Å². The number of aromatic nitrogens is 3. The lowest BCUT2D eigenvalue weighted by molar-refractivity contribution is 0.0608. The Morgan fingerprint density at radius 1 is 1.47 bits per heavy atom. The summed E-state index contributed by atoms with van der Waals surface area (Å²) in [6.45, 7) is 3.00. The fourth-order valence-electron chi connectivity index (χ4n) is 2.80. The van der Waals surface area contributed by atoms with E-state index < -0.39 is 0 Å². The maximum absolute atomic E-state index is 12.6. The standard InChI is InChI=1S/C14H18N4O/c1-2-11-5-3-4-6-18(11)14(19)10-7-12-13(15-8-10)17-9-16-12/h7-9,11H,2-6H2,1H3,(H,15,16,17). The van der Waals surface area contributed by atoms with Crippen molar-refractivity contribution in [2.24, 2.45) is 0 Å². The lowest BCUT2D eigenvalue weighted by Gasteiger charge is -2.35. The molecule has 5 heteroatoms. The van der Waals surface area contributed by atoms with Crippen LogP contribution >= 0.6 is 0 Å². The average Bonchev–Trinajstić information content (AvgIpc) is 2.93. The second-order valence-corrected chi connectivity index (χ2v) is 5.05. The first-order valence-corrected chi connectivity index (χ1v) is 6.89. The lowest BCUT2D eigenvalue weighted by Crippen LogP contribution is -2.43. The zero-order chi connectivity index (χ0) is 13.2. The minimum absolute atomic E-state index is 0.0931. The van der Waals surface area contributed by atoms with E-state index in [4.69, 9.17) is 0 Å². The smallest absolute Gasteiger partial charge is 0.255 e. The molecule has 0 saturated carbocycles. The summed E-state index contributed by atoms with van der Waals surface area (Å²) in [4.78, 5) is 25.9. The van der Waals surface area contributed by atoms with Crippen molar-refractivity contribution in [3.8, 4) is 0 Å². The number of pyridine rings is 1. The van der Waals surface area contributed by atoms with Gasteiger partial charge in [-0.05, 0) is 31.7 Å². The zero-order valence-electron chi connectivity index (χ0n) is 11.1. The van der Waals surface area contributed by atoms with Crippen LogP contribution in [-0.4, -0.2) is 38.3 Å². The van der Waals surface area contributed by atoms with E-state index >= 15 is 0 Å². The maximum Gasteiger partial charge on any atom is 0.255 e. The van der Waals surface area contributed by atoms with Crippen LogP contribution in [0.15, 0.2) is 18.6 Å². The van der Waals surface area contributed by atoms with Gasteiger partial charge < -0.3 is 9.88 Å². The van der Waals surface area contributed by atoms with Crippen LogP contribution in [0.2, 0.25) is 0 Å². The number of hydrogen-bond donors (Lipinski definition) is 1. The molecule has 3 heterocycles. The summed E-state index contributed by atoms with van der Waals surface area (Å²) < 4.78 is 0. The molecule has 0 aliphatic carbocycles. The van der Waals surface area contributed by atoms with Crippen LogP contribution in [-0.2, 0) is 0 Å². The van der Waals surface area contributed by atoms with Crippen LogP contribution in [0.5, 0.6) is 0 Å². The van der Waals surface area contributed by atoms with Gasteiger partial charge in [-0.15, -0.1) is 0 Å². The SMILES string of the molecule is CCC1CCCCN1C(=O)c1cnc2nc[nH]c2c1. The molecule has 1 fully saturated rings. The molecule has 0 aromatic carbocycles. The average molecular weight is 258 g/mol. The highest BCUT2D eigenvalue weighted by Crippen LogP contribution is 2.22. The van der Waals surface area contributed by atoms with E-state index in [1.165, 1.54) is 6.42 Å². The number of imidazole rings is 1. The molecule has 100 valence electrons. The van der Waals surface area contributed by atoms with Gasteiger partial charge in [-0.25, -0.2) is 9.97 Å². The van der Waals surface area contributed by atoms with Gasteiger partial charge in [0.1, 0.15) is 0 Å². The quantitative estimate of drug-likeness (QED) is 0.899. The molecule has 1 aliphatic heterocycles. The predicted octanol–water partition coefficient (Wildman–Crippen LogP) is 2.36. The molecule has 1 saturated heterocycles. The molecule has 0 bridgehead atoms. The summed E-state index contributed by atoms with van der Waals surface area (Å²) in [5.74, 6) is 0.0931. The molecule has 1 aliphatic rings. The highest BCUT2D eigenvalue weighted by molar-refractivity contribution is 5.96. The number of hydrogen-bond acceptors (Lipinski definition) is 3. The molecular weight excluding hydrogens is 240 g/mol. The Hall–Kier alpha value is -1.91. The second-order valence-electron chi connectivity index (χ2n) is 5.05. The van der Waals surface area contributed by atoms with Crippen molar-refractivity contribution in [2.75, 3.05) is 6.54 Å². The number of aromatic amines is 1. The summed E-state index contributed by atoms with van der Waals surface area (Å²) in [6.07, 6.45) is 7.68. The van der Waals surface area contributed by atoms with E-state index in [0.717, 1.165) is 31.3 Å². The van der Waals surface area contributed by atoms with E-state index in [-0.39, 0.29) is 5.91 Å². The molecule has 1 amide bonds. The third kappa shape index (κ3) is 2.20. The van der Waals surface area contributed by atoms with Crippen LogP contribution in [0, 0.1) is 0 Å².